The minimum absolute atomic E-state index is 0.0496. The Labute approximate surface area is 198 Å². The zero-order valence-electron chi connectivity index (χ0n) is 19.1. The number of carbonyl (C=O) groups excluding carboxylic acids is 1. The standard InChI is InChI=1S/C23H25F3N6O3/c1-15-14-31(22-27-11-17(12-28-22)23(24,25)26)7-8-32(15)20(33)6-10-35-9-5-16-3-2-4-18-19(16)13-29-30-21(18)34/h2-4,11-13,15H,5-10,14H2,1H3,(H,30,34). The van der Waals surface area contributed by atoms with Crippen molar-refractivity contribution in [1.29, 1.82) is 0 Å². The number of hydrogen-bond acceptors (Lipinski definition) is 7. The third-order valence-corrected chi connectivity index (χ3v) is 5.97. The van der Waals surface area contributed by atoms with Gasteiger partial charge in [-0.05, 0) is 25.0 Å². The first-order chi connectivity index (χ1) is 16.7. The van der Waals surface area contributed by atoms with Gasteiger partial charge in [-0.1, -0.05) is 12.1 Å². The number of benzene rings is 1. The quantitative estimate of drug-likeness (QED) is 0.507. The molecule has 4 rings (SSSR count). The summed E-state index contributed by atoms with van der Waals surface area (Å²) in [5.41, 5.74) is -0.188. The minimum atomic E-state index is -4.48. The largest absolute Gasteiger partial charge is 0.419 e. The molecule has 35 heavy (non-hydrogen) atoms. The van der Waals surface area contributed by atoms with E-state index in [0.717, 1.165) is 23.3 Å². The summed E-state index contributed by atoms with van der Waals surface area (Å²) in [6, 6.07) is 5.32. The van der Waals surface area contributed by atoms with Crippen molar-refractivity contribution in [2.75, 3.05) is 37.7 Å². The number of anilines is 1. The van der Waals surface area contributed by atoms with Crippen molar-refractivity contribution in [3.8, 4) is 0 Å². The van der Waals surface area contributed by atoms with Gasteiger partial charge in [-0.15, -0.1) is 0 Å². The molecule has 0 saturated carbocycles. The van der Waals surface area contributed by atoms with Crippen LogP contribution in [0.2, 0.25) is 0 Å². The highest BCUT2D eigenvalue weighted by atomic mass is 19.4. The molecule has 1 aliphatic rings. The van der Waals surface area contributed by atoms with E-state index in [9.17, 15) is 22.8 Å². The van der Waals surface area contributed by atoms with E-state index in [1.807, 2.05) is 19.1 Å². The van der Waals surface area contributed by atoms with Crippen LogP contribution in [-0.2, 0) is 22.1 Å². The van der Waals surface area contributed by atoms with Gasteiger partial charge in [0.1, 0.15) is 0 Å². The van der Waals surface area contributed by atoms with Crippen molar-refractivity contribution in [2.45, 2.75) is 32.0 Å². The first kappa shape index (κ1) is 24.6. The van der Waals surface area contributed by atoms with Crippen LogP contribution < -0.4 is 10.5 Å². The van der Waals surface area contributed by atoms with Crippen molar-refractivity contribution >= 4 is 22.6 Å². The molecule has 1 fully saturated rings. The molecule has 2 aromatic heterocycles. The summed E-state index contributed by atoms with van der Waals surface area (Å²) >= 11 is 0. The number of H-pyrrole nitrogens is 1. The molecular weight excluding hydrogens is 465 g/mol. The molecular formula is C23H25F3N6O3. The molecule has 9 nitrogen and oxygen atoms in total. The van der Waals surface area contributed by atoms with E-state index >= 15 is 0 Å². The second-order valence-corrected chi connectivity index (χ2v) is 8.34. The molecule has 1 aliphatic heterocycles. The zero-order chi connectivity index (χ0) is 25.0. The Morgan fingerprint density at radius 3 is 2.63 bits per heavy atom. The SMILES string of the molecule is CC1CN(c2ncc(C(F)(F)F)cn2)CCN1C(=O)CCOCCc1cccc2c(=O)[nH]ncc12. The third-order valence-electron chi connectivity index (χ3n) is 5.97. The summed E-state index contributed by atoms with van der Waals surface area (Å²) in [6.07, 6.45) is -0.517. The second-order valence-electron chi connectivity index (χ2n) is 8.34. The maximum atomic E-state index is 12.7. The summed E-state index contributed by atoms with van der Waals surface area (Å²) in [5.74, 6) is 0.164. The fraction of sp³-hybridized carbons (Fsp3) is 0.435. The number of halogens is 3. The summed E-state index contributed by atoms with van der Waals surface area (Å²) < 4.78 is 43.8. The maximum absolute atomic E-state index is 12.7. The Kier molecular flexibility index (Phi) is 7.29. The number of piperazine rings is 1. The number of amides is 1. The lowest BCUT2D eigenvalue weighted by Crippen LogP contribution is -2.54. The Morgan fingerprint density at radius 1 is 1.14 bits per heavy atom. The molecule has 1 unspecified atom stereocenters. The fourth-order valence-corrected chi connectivity index (χ4v) is 4.13. The second kappa shape index (κ2) is 10.4. The average Bonchev–Trinajstić information content (AvgIpc) is 2.83. The van der Waals surface area contributed by atoms with Crippen molar-refractivity contribution in [3.63, 3.8) is 0 Å². The van der Waals surface area contributed by atoms with Gasteiger partial charge in [-0.25, -0.2) is 15.1 Å². The molecule has 3 aromatic rings. The van der Waals surface area contributed by atoms with Crippen LogP contribution in [0.25, 0.3) is 10.8 Å². The average molecular weight is 490 g/mol. The molecule has 1 aromatic carbocycles. The van der Waals surface area contributed by atoms with E-state index in [1.165, 1.54) is 0 Å². The molecule has 1 saturated heterocycles. The van der Waals surface area contributed by atoms with E-state index in [2.05, 4.69) is 20.2 Å². The van der Waals surface area contributed by atoms with Crippen LogP contribution in [-0.4, -0.2) is 69.9 Å². The number of fused-ring (bicyclic) bond motifs is 1. The zero-order valence-corrected chi connectivity index (χ0v) is 19.1. The van der Waals surface area contributed by atoms with Gasteiger partial charge in [-0.2, -0.15) is 18.3 Å². The highest BCUT2D eigenvalue weighted by Crippen LogP contribution is 2.28. The third kappa shape index (κ3) is 5.76. The van der Waals surface area contributed by atoms with E-state index in [4.69, 9.17) is 4.74 Å². The number of carbonyl (C=O) groups is 1. The van der Waals surface area contributed by atoms with Gasteiger partial charge in [-0.3, -0.25) is 9.59 Å². The Bertz CT molecular complexity index is 1230. The summed E-state index contributed by atoms with van der Waals surface area (Å²) in [6.45, 7) is 3.81. The van der Waals surface area contributed by atoms with E-state index in [0.29, 0.717) is 38.0 Å². The number of aromatic nitrogens is 4. The molecule has 1 atom stereocenters. The van der Waals surface area contributed by atoms with E-state index < -0.39 is 11.7 Å². The molecule has 186 valence electrons. The normalized spacial score (nSPS) is 16.6. The molecule has 12 heteroatoms. The highest BCUT2D eigenvalue weighted by molar-refractivity contribution is 5.83. The van der Waals surface area contributed by atoms with E-state index in [-0.39, 0.29) is 36.5 Å². The van der Waals surface area contributed by atoms with Gasteiger partial charge >= 0.3 is 6.18 Å². The maximum Gasteiger partial charge on any atom is 0.419 e. The van der Waals surface area contributed by atoms with Crippen LogP contribution in [0.3, 0.4) is 0 Å². The lowest BCUT2D eigenvalue weighted by atomic mass is 10.1. The van der Waals surface area contributed by atoms with Crippen LogP contribution in [0, 0.1) is 0 Å². The Morgan fingerprint density at radius 2 is 1.91 bits per heavy atom. The monoisotopic (exact) mass is 490 g/mol. The predicted molar refractivity (Wildman–Crippen MR) is 122 cm³/mol. The number of alkyl halides is 3. The molecule has 0 spiro atoms. The molecule has 1 N–H and O–H groups in total. The first-order valence-corrected chi connectivity index (χ1v) is 11.2. The molecule has 0 aliphatic carbocycles. The van der Waals surface area contributed by atoms with Gasteiger partial charge in [0, 0.05) is 43.5 Å². The smallest absolute Gasteiger partial charge is 0.381 e. The molecule has 3 heterocycles. The van der Waals surface area contributed by atoms with Gasteiger partial charge < -0.3 is 14.5 Å². The number of rotatable bonds is 7. The Balaban J connectivity index is 1.22. The summed E-state index contributed by atoms with van der Waals surface area (Å²) in [7, 11) is 0. The predicted octanol–water partition coefficient (Wildman–Crippen LogP) is 2.42. The number of aromatic amines is 1. The van der Waals surface area contributed by atoms with Crippen molar-refractivity contribution < 1.29 is 22.7 Å². The van der Waals surface area contributed by atoms with Gasteiger partial charge in [0.2, 0.25) is 11.9 Å². The summed E-state index contributed by atoms with van der Waals surface area (Å²) in [5, 5.41) is 7.62. The number of nitrogens with one attached hydrogen (secondary N) is 1. The highest BCUT2D eigenvalue weighted by Gasteiger charge is 2.32. The van der Waals surface area contributed by atoms with Crippen LogP contribution in [0.5, 0.6) is 0 Å². The van der Waals surface area contributed by atoms with Crippen LogP contribution in [0.15, 0.2) is 41.6 Å². The van der Waals surface area contributed by atoms with Gasteiger partial charge in [0.25, 0.3) is 5.56 Å². The van der Waals surface area contributed by atoms with Crippen LogP contribution in [0.4, 0.5) is 19.1 Å². The van der Waals surface area contributed by atoms with Crippen LogP contribution in [0.1, 0.15) is 24.5 Å². The first-order valence-electron chi connectivity index (χ1n) is 11.2. The molecule has 0 radical (unpaired) electrons. The Hall–Kier alpha value is -3.54. The molecule has 0 bridgehead atoms. The topological polar surface area (TPSA) is 104 Å². The fourth-order valence-electron chi connectivity index (χ4n) is 4.13. The van der Waals surface area contributed by atoms with Crippen molar-refractivity contribution in [2.24, 2.45) is 0 Å². The van der Waals surface area contributed by atoms with Gasteiger partial charge in [0.05, 0.1) is 36.8 Å². The van der Waals surface area contributed by atoms with E-state index in [1.54, 1.807) is 22.1 Å². The minimum Gasteiger partial charge on any atom is -0.381 e. The number of hydrogen-bond donors (Lipinski definition) is 1. The number of nitrogens with zero attached hydrogens (tertiary/aromatic N) is 5. The lowest BCUT2D eigenvalue weighted by molar-refractivity contribution is -0.138. The summed E-state index contributed by atoms with van der Waals surface area (Å²) in [4.78, 5) is 35.7. The van der Waals surface area contributed by atoms with Crippen molar-refractivity contribution in [3.05, 3.63) is 58.3 Å². The van der Waals surface area contributed by atoms with Gasteiger partial charge in [0.15, 0.2) is 0 Å². The van der Waals surface area contributed by atoms with Crippen LogP contribution >= 0.6 is 0 Å². The lowest BCUT2D eigenvalue weighted by Gasteiger charge is -2.40. The van der Waals surface area contributed by atoms with Crippen molar-refractivity contribution in [1.82, 2.24) is 25.1 Å². The number of ether oxygens (including phenoxy) is 1. The molecule has 1 amide bonds.